The maximum absolute atomic E-state index is 12.8. The average Bonchev–Trinajstić information content (AvgIpc) is 2.83. The lowest BCUT2D eigenvalue weighted by molar-refractivity contribution is 0.0897. The van der Waals surface area contributed by atoms with Crippen LogP contribution in [0.25, 0.3) is 0 Å². The molecule has 0 spiro atoms. The van der Waals surface area contributed by atoms with Crippen LogP contribution < -0.4 is 11.1 Å². The van der Waals surface area contributed by atoms with E-state index in [-0.39, 0.29) is 5.91 Å². The van der Waals surface area contributed by atoms with E-state index >= 15 is 0 Å². The zero-order valence-corrected chi connectivity index (χ0v) is 16.0. The molecule has 3 N–H and O–H groups in total. The van der Waals surface area contributed by atoms with E-state index < -0.39 is 5.54 Å². The highest BCUT2D eigenvalue weighted by atomic mass is 16.1. The second-order valence-corrected chi connectivity index (χ2v) is 7.51. The fourth-order valence-electron chi connectivity index (χ4n) is 3.36. The lowest BCUT2D eigenvalue weighted by Gasteiger charge is -2.31. The Labute approximate surface area is 150 Å². The molecule has 5 heteroatoms. The van der Waals surface area contributed by atoms with Crippen molar-refractivity contribution in [2.45, 2.75) is 53.1 Å². The fraction of sp³-hybridized carbons (Fsp3) is 0.500. The number of carbonyl (C=O) groups is 1. The summed E-state index contributed by atoms with van der Waals surface area (Å²) in [5, 5.41) is 3.14. The Morgan fingerprint density at radius 2 is 2.08 bits per heavy atom. The molecule has 25 heavy (non-hydrogen) atoms. The summed E-state index contributed by atoms with van der Waals surface area (Å²) in [6.07, 6.45) is 2.64. The van der Waals surface area contributed by atoms with Gasteiger partial charge in [-0.3, -0.25) is 9.78 Å². The van der Waals surface area contributed by atoms with Crippen molar-refractivity contribution >= 4 is 5.91 Å². The van der Waals surface area contributed by atoms with Gasteiger partial charge in [-0.2, -0.15) is 0 Å². The number of amides is 1. The summed E-state index contributed by atoms with van der Waals surface area (Å²) in [5.41, 5.74) is 9.21. The van der Waals surface area contributed by atoms with E-state index in [1.807, 2.05) is 45.0 Å². The molecule has 1 atom stereocenters. The van der Waals surface area contributed by atoms with Gasteiger partial charge in [0, 0.05) is 29.7 Å². The number of carbonyl (C=O) groups excluding carboxylic acids is 1. The van der Waals surface area contributed by atoms with Gasteiger partial charge in [0.15, 0.2) is 0 Å². The Hall–Kier alpha value is -2.14. The van der Waals surface area contributed by atoms with E-state index in [0.717, 1.165) is 23.5 Å². The molecule has 0 aliphatic heterocycles. The normalized spacial score (nSPS) is 13.7. The molecule has 0 aliphatic carbocycles. The van der Waals surface area contributed by atoms with Gasteiger partial charge in [-0.1, -0.05) is 19.9 Å². The van der Waals surface area contributed by atoms with Gasteiger partial charge in [0.05, 0.1) is 17.8 Å². The maximum atomic E-state index is 12.8. The van der Waals surface area contributed by atoms with Crippen molar-refractivity contribution in [2.75, 3.05) is 6.54 Å². The topological polar surface area (TPSA) is 72.9 Å². The van der Waals surface area contributed by atoms with Crippen LogP contribution in [0.15, 0.2) is 30.5 Å². The second-order valence-electron chi connectivity index (χ2n) is 7.51. The number of aromatic nitrogens is 2. The average molecular weight is 342 g/mol. The SMILES string of the molecule is Cc1cc(C(=O)NC(C)(CN)CC(C)C)c(C)n1Cc1ccccn1. The molecule has 5 nitrogen and oxygen atoms in total. The van der Waals surface area contributed by atoms with Crippen LogP contribution in [-0.4, -0.2) is 27.5 Å². The number of hydrogen-bond donors (Lipinski definition) is 2. The number of aryl methyl sites for hydroxylation is 1. The number of rotatable bonds is 7. The summed E-state index contributed by atoms with van der Waals surface area (Å²) in [6.45, 7) is 11.4. The molecule has 1 unspecified atom stereocenters. The first-order valence-corrected chi connectivity index (χ1v) is 8.85. The number of hydrogen-bond acceptors (Lipinski definition) is 3. The third-order valence-electron chi connectivity index (χ3n) is 4.59. The number of pyridine rings is 1. The van der Waals surface area contributed by atoms with Crippen molar-refractivity contribution in [1.82, 2.24) is 14.9 Å². The Morgan fingerprint density at radius 1 is 1.36 bits per heavy atom. The summed E-state index contributed by atoms with van der Waals surface area (Å²) >= 11 is 0. The van der Waals surface area contributed by atoms with Gasteiger partial charge in [-0.05, 0) is 51.3 Å². The molecular weight excluding hydrogens is 312 g/mol. The van der Waals surface area contributed by atoms with Gasteiger partial charge >= 0.3 is 0 Å². The monoisotopic (exact) mass is 342 g/mol. The Kier molecular flexibility index (Phi) is 6.01. The van der Waals surface area contributed by atoms with Gasteiger partial charge < -0.3 is 15.6 Å². The standard InChI is InChI=1S/C20H30N4O/c1-14(2)11-20(5,13-21)23-19(25)18-10-15(3)24(16(18)4)12-17-8-6-7-9-22-17/h6-10,14H,11-13,21H2,1-5H3,(H,23,25). The van der Waals surface area contributed by atoms with Crippen molar-refractivity contribution in [3.05, 3.63) is 53.1 Å². The smallest absolute Gasteiger partial charge is 0.253 e. The summed E-state index contributed by atoms with van der Waals surface area (Å²) in [5.74, 6) is 0.402. The summed E-state index contributed by atoms with van der Waals surface area (Å²) in [7, 11) is 0. The van der Waals surface area contributed by atoms with Crippen LogP contribution in [-0.2, 0) is 6.54 Å². The largest absolute Gasteiger partial charge is 0.346 e. The van der Waals surface area contributed by atoms with E-state index in [0.29, 0.717) is 24.6 Å². The molecule has 136 valence electrons. The molecule has 0 radical (unpaired) electrons. The molecular formula is C20H30N4O. The summed E-state index contributed by atoms with van der Waals surface area (Å²) < 4.78 is 2.12. The van der Waals surface area contributed by atoms with Gasteiger partial charge in [-0.25, -0.2) is 0 Å². The first-order valence-electron chi connectivity index (χ1n) is 8.85. The summed E-state index contributed by atoms with van der Waals surface area (Å²) in [6, 6.07) is 7.81. The lowest BCUT2D eigenvalue weighted by atomic mass is 9.90. The molecule has 0 aliphatic rings. The molecule has 2 aromatic heterocycles. The van der Waals surface area contributed by atoms with Crippen molar-refractivity contribution < 1.29 is 4.79 Å². The van der Waals surface area contributed by atoms with E-state index in [1.165, 1.54) is 0 Å². The zero-order valence-electron chi connectivity index (χ0n) is 16.0. The molecule has 1 amide bonds. The van der Waals surface area contributed by atoms with E-state index in [1.54, 1.807) is 6.20 Å². The van der Waals surface area contributed by atoms with Crippen molar-refractivity contribution in [3.8, 4) is 0 Å². The van der Waals surface area contributed by atoms with Gasteiger partial charge in [0.1, 0.15) is 0 Å². The molecule has 2 rings (SSSR count). The molecule has 0 aromatic carbocycles. The van der Waals surface area contributed by atoms with Crippen LogP contribution >= 0.6 is 0 Å². The van der Waals surface area contributed by atoms with Gasteiger partial charge in [0.2, 0.25) is 0 Å². The molecule has 0 saturated heterocycles. The number of nitrogens with two attached hydrogens (primary N) is 1. The molecule has 0 bridgehead atoms. The predicted molar refractivity (Wildman–Crippen MR) is 102 cm³/mol. The third-order valence-corrected chi connectivity index (χ3v) is 4.59. The maximum Gasteiger partial charge on any atom is 0.253 e. The van der Waals surface area contributed by atoms with Crippen LogP contribution in [0.4, 0.5) is 0 Å². The van der Waals surface area contributed by atoms with E-state index in [9.17, 15) is 4.79 Å². The molecule has 2 aromatic rings. The Balaban J connectivity index is 2.22. The van der Waals surface area contributed by atoms with Crippen LogP contribution in [0.2, 0.25) is 0 Å². The molecule has 0 saturated carbocycles. The van der Waals surface area contributed by atoms with Crippen molar-refractivity contribution in [1.29, 1.82) is 0 Å². The zero-order chi connectivity index (χ0) is 18.6. The highest BCUT2D eigenvalue weighted by molar-refractivity contribution is 5.96. The molecule has 0 fully saturated rings. The lowest BCUT2D eigenvalue weighted by Crippen LogP contribution is -2.52. The first kappa shape index (κ1) is 19.2. The Morgan fingerprint density at radius 3 is 2.64 bits per heavy atom. The minimum atomic E-state index is -0.394. The van der Waals surface area contributed by atoms with Crippen molar-refractivity contribution in [3.63, 3.8) is 0 Å². The first-order chi connectivity index (χ1) is 11.8. The fourth-order valence-corrected chi connectivity index (χ4v) is 3.36. The minimum absolute atomic E-state index is 0.0611. The van der Waals surface area contributed by atoms with Crippen LogP contribution in [0.3, 0.4) is 0 Å². The van der Waals surface area contributed by atoms with Crippen LogP contribution in [0.1, 0.15) is 54.6 Å². The highest BCUT2D eigenvalue weighted by Crippen LogP contribution is 2.20. The Bertz CT molecular complexity index is 721. The highest BCUT2D eigenvalue weighted by Gasteiger charge is 2.27. The minimum Gasteiger partial charge on any atom is -0.346 e. The van der Waals surface area contributed by atoms with Gasteiger partial charge in [0.25, 0.3) is 5.91 Å². The number of nitrogens with zero attached hydrogens (tertiary/aromatic N) is 2. The van der Waals surface area contributed by atoms with Crippen molar-refractivity contribution in [2.24, 2.45) is 11.7 Å². The van der Waals surface area contributed by atoms with E-state index in [4.69, 9.17) is 5.73 Å². The molecule has 2 heterocycles. The predicted octanol–water partition coefficient (Wildman–Crippen LogP) is 3.04. The number of nitrogens with one attached hydrogen (secondary N) is 1. The van der Waals surface area contributed by atoms with Crippen LogP contribution in [0, 0.1) is 19.8 Å². The second kappa shape index (κ2) is 7.83. The van der Waals surface area contributed by atoms with E-state index in [2.05, 4.69) is 28.7 Å². The summed E-state index contributed by atoms with van der Waals surface area (Å²) in [4.78, 5) is 17.2. The third kappa shape index (κ3) is 4.69. The van der Waals surface area contributed by atoms with Gasteiger partial charge in [-0.15, -0.1) is 0 Å². The quantitative estimate of drug-likeness (QED) is 0.812. The van der Waals surface area contributed by atoms with Crippen LogP contribution in [0.5, 0.6) is 0 Å².